The van der Waals surface area contributed by atoms with Gasteiger partial charge in [0, 0.05) is 36.9 Å². The van der Waals surface area contributed by atoms with Gasteiger partial charge in [-0.3, -0.25) is 4.79 Å². The number of benzene rings is 1. The van der Waals surface area contributed by atoms with Gasteiger partial charge in [-0.05, 0) is 18.4 Å². The molecule has 0 aliphatic heterocycles. The number of hydrogen-bond donors (Lipinski definition) is 2. The molecular formula is C19H22N4O3S. The minimum atomic E-state index is -3.21. The molecule has 1 fully saturated rings. The monoisotopic (exact) mass is 386 g/mol. The highest BCUT2D eigenvalue weighted by Crippen LogP contribution is 2.39. The SMILES string of the molecule is CS(=O)(=O)/C=C/CNC(=O)c1ncc(C2CC2)nc1NCc1ccccc1. The fourth-order valence-corrected chi connectivity index (χ4v) is 2.95. The summed E-state index contributed by atoms with van der Waals surface area (Å²) >= 11 is 0. The molecule has 0 unspecified atom stereocenters. The molecule has 27 heavy (non-hydrogen) atoms. The van der Waals surface area contributed by atoms with Crippen LogP contribution in [0.2, 0.25) is 0 Å². The van der Waals surface area contributed by atoms with E-state index in [-0.39, 0.29) is 12.2 Å². The number of carbonyl (C=O) groups is 1. The van der Waals surface area contributed by atoms with Gasteiger partial charge in [0.2, 0.25) is 0 Å². The molecule has 2 N–H and O–H groups in total. The largest absolute Gasteiger partial charge is 0.364 e. The Labute approximate surface area is 158 Å². The van der Waals surface area contributed by atoms with Crippen LogP contribution in [0.3, 0.4) is 0 Å². The van der Waals surface area contributed by atoms with Gasteiger partial charge in [0.15, 0.2) is 21.3 Å². The molecule has 0 bridgehead atoms. The third-order valence-electron chi connectivity index (χ3n) is 4.03. The van der Waals surface area contributed by atoms with Crippen molar-refractivity contribution in [3.8, 4) is 0 Å². The van der Waals surface area contributed by atoms with Crippen molar-refractivity contribution in [3.63, 3.8) is 0 Å². The fraction of sp³-hybridized carbons (Fsp3) is 0.316. The number of rotatable bonds is 8. The normalized spacial score (nSPS) is 14.3. The maximum Gasteiger partial charge on any atom is 0.273 e. The van der Waals surface area contributed by atoms with Gasteiger partial charge in [-0.2, -0.15) is 0 Å². The van der Waals surface area contributed by atoms with Crippen molar-refractivity contribution in [2.45, 2.75) is 25.3 Å². The molecule has 2 aromatic rings. The molecule has 142 valence electrons. The van der Waals surface area contributed by atoms with Crippen LogP contribution in [0, 0.1) is 0 Å². The van der Waals surface area contributed by atoms with E-state index in [1.807, 2.05) is 30.3 Å². The minimum absolute atomic E-state index is 0.0933. The van der Waals surface area contributed by atoms with Gasteiger partial charge >= 0.3 is 0 Å². The molecule has 1 heterocycles. The first kappa shape index (κ1) is 19.0. The highest BCUT2D eigenvalue weighted by Gasteiger charge is 2.27. The maximum atomic E-state index is 12.5. The molecule has 1 amide bonds. The van der Waals surface area contributed by atoms with Crippen molar-refractivity contribution in [2.75, 3.05) is 18.1 Å². The second kappa shape index (κ2) is 8.30. The Hall–Kier alpha value is -2.74. The molecule has 0 atom stereocenters. The van der Waals surface area contributed by atoms with E-state index in [0.29, 0.717) is 18.3 Å². The lowest BCUT2D eigenvalue weighted by Gasteiger charge is -2.12. The third-order valence-corrected chi connectivity index (χ3v) is 4.72. The molecule has 0 saturated heterocycles. The highest BCUT2D eigenvalue weighted by molar-refractivity contribution is 7.93. The molecule has 3 rings (SSSR count). The molecule has 1 aliphatic carbocycles. The summed E-state index contributed by atoms with van der Waals surface area (Å²) in [4.78, 5) is 21.4. The molecule has 1 aliphatic rings. The van der Waals surface area contributed by atoms with E-state index in [2.05, 4.69) is 20.6 Å². The summed E-state index contributed by atoms with van der Waals surface area (Å²) in [5.41, 5.74) is 2.15. The van der Waals surface area contributed by atoms with Crippen LogP contribution in [0.5, 0.6) is 0 Å². The third kappa shape index (κ3) is 5.89. The van der Waals surface area contributed by atoms with Crippen molar-refractivity contribution in [3.05, 3.63) is 65.0 Å². The maximum absolute atomic E-state index is 12.5. The molecule has 8 heteroatoms. The van der Waals surface area contributed by atoms with Crippen LogP contribution in [0.25, 0.3) is 0 Å². The van der Waals surface area contributed by atoms with Crippen molar-refractivity contribution in [1.29, 1.82) is 0 Å². The van der Waals surface area contributed by atoms with E-state index in [1.54, 1.807) is 6.20 Å². The zero-order valence-electron chi connectivity index (χ0n) is 15.1. The lowest BCUT2D eigenvalue weighted by atomic mass is 10.2. The number of hydrogen-bond acceptors (Lipinski definition) is 6. The molecule has 1 aromatic heterocycles. The number of anilines is 1. The van der Waals surface area contributed by atoms with Crippen LogP contribution in [-0.4, -0.2) is 37.1 Å². The van der Waals surface area contributed by atoms with Crippen LogP contribution in [0.4, 0.5) is 5.82 Å². The summed E-state index contributed by atoms with van der Waals surface area (Å²) in [5, 5.41) is 6.90. The van der Waals surface area contributed by atoms with Gasteiger partial charge in [-0.25, -0.2) is 18.4 Å². The standard InChI is InChI=1S/C19H22N4O3S/c1-27(25,26)11-5-10-20-19(24)17-18(22-12-14-6-3-2-4-7-14)23-16(13-21-17)15-8-9-15/h2-7,11,13,15H,8-10,12H2,1H3,(H,20,24)(H,22,23)/b11-5+. The van der Waals surface area contributed by atoms with E-state index in [0.717, 1.165) is 35.8 Å². The summed E-state index contributed by atoms with van der Waals surface area (Å²) in [7, 11) is -3.21. The zero-order chi connectivity index (χ0) is 19.3. The van der Waals surface area contributed by atoms with Crippen molar-refractivity contribution < 1.29 is 13.2 Å². The van der Waals surface area contributed by atoms with Crippen LogP contribution in [0.1, 0.15) is 40.5 Å². The summed E-state index contributed by atoms with van der Waals surface area (Å²) in [5.74, 6) is 0.455. The first-order valence-electron chi connectivity index (χ1n) is 8.72. The van der Waals surface area contributed by atoms with Crippen LogP contribution < -0.4 is 10.6 Å². The molecular weight excluding hydrogens is 364 g/mol. The summed E-state index contributed by atoms with van der Waals surface area (Å²) in [6.45, 7) is 0.619. The number of sulfone groups is 1. The lowest BCUT2D eigenvalue weighted by Crippen LogP contribution is -2.26. The van der Waals surface area contributed by atoms with E-state index in [1.165, 1.54) is 6.08 Å². The van der Waals surface area contributed by atoms with E-state index in [4.69, 9.17) is 0 Å². The van der Waals surface area contributed by atoms with E-state index < -0.39 is 15.7 Å². The molecule has 1 aromatic carbocycles. The van der Waals surface area contributed by atoms with Crippen molar-refractivity contribution in [2.24, 2.45) is 0 Å². The van der Waals surface area contributed by atoms with Gasteiger partial charge in [-0.15, -0.1) is 0 Å². The number of carbonyl (C=O) groups excluding carboxylic acids is 1. The first-order chi connectivity index (χ1) is 12.9. The second-order valence-corrected chi connectivity index (χ2v) is 8.45. The number of amides is 1. The second-order valence-electron chi connectivity index (χ2n) is 6.52. The molecule has 0 spiro atoms. The summed E-state index contributed by atoms with van der Waals surface area (Å²) < 4.78 is 22.2. The van der Waals surface area contributed by atoms with E-state index in [9.17, 15) is 13.2 Å². The quantitative estimate of drug-likeness (QED) is 0.722. The Bertz CT molecular complexity index is 939. The summed E-state index contributed by atoms with van der Waals surface area (Å²) in [6.07, 6.45) is 6.31. The Morgan fingerprint density at radius 3 is 2.67 bits per heavy atom. The Morgan fingerprint density at radius 2 is 2.00 bits per heavy atom. The van der Waals surface area contributed by atoms with Gasteiger partial charge in [0.05, 0.1) is 5.69 Å². The van der Waals surface area contributed by atoms with Gasteiger partial charge in [0.1, 0.15) is 0 Å². The lowest BCUT2D eigenvalue weighted by molar-refractivity contribution is 0.0953. The Morgan fingerprint density at radius 1 is 1.26 bits per heavy atom. The number of aromatic nitrogens is 2. The van der Waals surface area contributed by atoms with E-state index >= 15 is 0 Å². The number of nitrogens with zero attached hydrogens (tertiary/aromatic N) is 2. The molecule has 0 radical (unpaired) electrons. The predicted molar refractivity (Wildman–Crippen MR) is 104 cm³/mol. The Balaban J connectivity index is 1.72. The highest BCUT2D eigenvalue weighted by atomic mass is 32.2. The van der Waals surface area contributed by atoms with Gasteiger partial charge in [0.25, 0.3) is 5.91 Å². The molecule has 1 saturated carbocycles. The van der Waals surface area contributed by atoms with Gasteiger partial charge < -0.3 is 10.6 Å². The van der Waals surface area contributed by atoms with Crippen LogP contribution >= 0.6 is 0 Å². The molecule has 7 nitrogen and oxygen atoms in total. The Kier molecular flexibility index (Phi) is 5.85. The summed E-state index contributed by atoms with van der Waals surface area (Å²) in [6, 6.07) is 9.82. The first-order valence-corrected chi connectivity index (χ1v) is 10.7. The smallest absolute Gasteiger partial charge is 0.273 e. The van der Waals surface area contributed by atoms with Crippen molar-refractivity contribution >= 4 is 21.6 Å². The fourth-order valence-electron chi connectivity index (χ4n) is 2.51. The predicted octanol–water partition coefficient (Wildman–Crippen LogP) is 2.25. The number of nitrogens with one attached hydrogen (secondary N) is 2. The topological polar surface area (TPSA) is 101 Å². The average Bonchev–Trinajstić information content (AvgIpc) is 3.48. The van der Waals surface area contributed by atoms with Crippen LogP contribution in [0.15, 0.2) is 48.0 Å². The minimum Gasteiger partial charge on any atom is -0.364 e. The van der Waals surface area contributed by atoms with Crippen molar-refractivity contribution in [1.82, 2.24) is 15.3 Å². The van der Waals surface area contributed by atoms with Gasteiger partial charge in [-0.1, -0.05) is 36.4 Å². The zero-order valence-corrected chi connectivity index (χ0v) is 15.9. The average molecular weight is 386 g/mol. The van der Waals surface area contributed by atoms with Crippen LogP contribution in [-0.2, 0) is 16.4 Å².